The molecule has 3 heteroatoms. The molecule has 0 bridgehead atoms. The van der Waals surface area contributed by atoms with Crippen molar-refractivity contribution in [3.8, 4) is 0 Å². The lowest BCUT2D eigenvalue weighted by molar-refractivity contribution is 0.801. The molecule has 3 nitrogen and oxygen atoms in total. The van der Waals surface area contributed by atoms with E-state index in [2.05, 4.69) is 178 Å². The van der Waals surface area contributed by atoms with Crippen LogP contribution in [0.2, 0.25) is 0 Å². The molecule has 5 rings (SSSR count). The number of hydrogen-bond donors (Lipinski definition) is 0. The molecular weight excluding hydrogens is 546 g/mol. The van der Waals surface area contributed by atoms with Crippen molar-refractivity contribution in [1.29, 1.82) is 0 Å². The molecule has 232 valence electrons. The van der Waals surface area contributed by atoms with Gasteiger partial charge in [0.1, 0.15) is 0 Å². The molecule has 0 aromatic heterocycles. The summed E-state index contributed by atoms with van der Waals surface area (Å²) in [5.74, 6) is 0.262. The van der Waals surface area contributed by atoms with E-state index in [9.17, 15) is 0 Å². The van der Waals surface area contributed by atoms with Gasteiger partial charge in [0, 0.05) is 60.5 Å². The molecule has 45 heavy (non-hydrogen) atoms. The zero-order valence-corrected chi connectivity index (χ0v) is 28.0. The Morgan fingerprint density at radius 1 is 0.400 bits per heavy atom. The molecule has 0 aliphatic carbocycles. The third kappa shape index (κ3) is 7.60. The number of benzene rings is 5. The van der Waals surface area contributed by atoms with Crippen molar-refractivity contribution in [3.63, 3.8) is 0 Å². The zero-order valence-electron chi connectivity index (χ0n) is 28.0. The van der Waals surface area contributed by atoms with E-state index in [1.54, 1.807) is 0 Å². The molecule has 0 aliphatic heterocycles. The van der Waals surface area contributed by atoms with Crippen LogP contribution in [-0.2, 0) is 6.42 Å². The maximum absolute atomic E-state index is 2.41. The number of anilines is 5. The Balaban J connectivity index is 1.47. The number of aryl methyl sites for hydroxylation is 2. The predicted molar refractivity (Wildman–Crippen MR) is 196 cm³/mol. The average Bonchev–Trinajstić information content (AvgIpc) is 3.08. The first-order chi connectivity index (χ1) is 21.9. The quantitative estimate of drug-likeness (QED) is 0.134. The highest BCUT2D eigenvalue weighted by Gasteiger charge is 2.18. The van der Waals surface area contributed by atoms with Gasteiger partial charge in [0.05, 0.1) is 0 Å². The summed E-state index contributed by atoms with van der Waals surface area (Å²) in [7, 11) is 0. The summed E-state index contributed by atoms with van der Waals surface area (Å²) in [6.45, 7) is 17.2. The number of rotatable bonds is 13. The van der Waals surface area contributed by atoms with E-state index in [4.69, 9.17) is 0 Å². The third-order valence-electron chi connectivity index (χ3n) is 9.07. The van der Waals surface area contributed by atoms with E-state index in [1.807, 2.05) is 0 Å². The van der Waals surface area contributed by atoms with Crippen LogP contribution in [0.3, 0.4) is 0 Å². The van der Waals surface area contributed by atoms with E-state index in [0.717, 1.165) is 49.7 Å². The first-order valence-corrected chi connectivity index (χ1v) is 16.7. The number of nitrogens with zero attached hydrogens (tertiary/aromatic N) is 3. The minimum Gasteiger partial charge on any atom is -0.372 e. The van der Waals surface area contributed by atoms with Gasteiger partial charge < -0.3 is 14.7 Å². The molecule has 0 aliphatic rings. The second-order valence-corrected chi connectivity index (χ2v) is 12.0. The molecule has 0 heterocycles. The van der Waals surface area contributed by atoms with E-state index < -0.39 is 0 Å². The van der Waals surface area contributed by atoms with Gasteiger partial charge in [-0.05, 0) is 125 Å². The van der Waals surface area contributed by atoms with E-state index in [0.29, 0.717) is 0 Å². The molecule has 0 N–H and O–H groups in total. The van der Waals surface area contributed by atoms with Gasteiger partial charge in [-0.15, -0.1) is 0 Å². The van der Waals surface area contributed by atoms with E-state index in [1.165, 1.54) is 39.2 Å². The van der Waals surface area contributed by atoms with Crippen molar-refractivity contribution in [2.75, 3.05) is 40.9 Å². The Kier molecular flexibility index (Phi) is 10.6. The highest BCUT2D eigenvalue weighted by Crippen LogP contribution is 2.36. The van der Waals surface area contributed by atoms with Crippen LogP contribution in [-0.4, -0.2) is 26.2 Å². The fourth-order valence-electron chi connectivity index (χ4n) is 6.29. The maximum Gasteiger partial charge on any atom is 0.0461 e. The normalized spacial score (nSPS) is 11.1. The Morgan fingerprint density at radius 3 is 1.04 bits per heavy atom. The second kappa shape index (κ2) is 15.0. The lowest BCUT2D eigenvalue weighted by Gasteiger charge is -2.26. The van der Waals surface area contributed by atoms with Crippen LogP contribution < -0.4 is 14.7 Å². The lowest BCUT2D eigenvalue weighted by Crippen LogP contribution is -2.22. The van der Waals surface area contributed by atoms with Gasteiger partial charge >= 0.3 is 0 Å². The fraction of sp³-hybridized carbons (Fsp3) is 0.286. The van der Waals surface area contributed by atoms with Crippen LogP contribution in [0.15, 0.2) is 121 Å². The summed E-state index contributed by atoms with van der Waals surface area (Å²) < 4.78 is 0. The van der Waals surface area contributed by atoms with Gasteiger partial charge in [-0.2, -0.15) is 0 Å². The molecule has 0 saturated heterocycles. The summed E-state index contributed by atoms with van der Waals surface area (Å²) in [6, 6.07) is 45.3. The van der Waals surface area contributed by atoms with Crippen LogP contribution in [0.5, 0.6) is 0 Å². The van der Waals surface area contributed by atoms with Crippen molar-refractivity contribution in [2.24, 2.45) is 0 Å². The van der Waals surface area contributed by atoms with Gasteiger partial charge in [-0.25, -0.2) is 0 Å². The highest BCUT2D eigenvalue weighted by atomic mass is 15.1. The minimum atomic E-state index is 0.262. The minimum absolute atomic E-state index is 0.262. The molecule has 0 spiro atoms. The third-order valence-corrected chi connectivity index (χ3v) is 9.07. The second-order valence-electron chi connectivity index (χ2n) is 12.0. The van der Waals surface area contributed by atoms with Gasteiger partial charge in [0.25, 0.3) is 0 Å². The smallest absolute Gasteiger partial charge is 0.0461 e. The zero-order chi connectivity index (χ0) is 31.8. The molecule has 0 radical (unpaired) electrons. The predicted octanol–water partition coefficient (Wildman–Crippen LogP) is 10.8. The summed E-state index contributed by atoms with van der Waals surface area (Å²) in [5, 5.41) is 0. The topological polar surface area (TPSA) is 9.72 Å². The van der Waals surface area contributed by atoms with Gasteiger partial charge in [0.2, 0.25) is 0 Å². The highest BCUT2D eigenvalue weighted by molar-refractivity contribution is 5.76. The van der Waals surface area contributed by atoms with Crippen molar-refractivity contribution >= 4 is 28.4 Å². The van der Waals surface area contributed by atoms with Crippen LogP contribution in [0, 0.1) is 13.8 Å². The summed E-state index contributed by atoms with van der Waals surface area (Å²) >= 11 is 0. The molecule has 5 aromatic rings. The standard InChI is InChI=1S/C42H49N3/c1-7-43(8-2)37-27-17-35(18-28-37)42(36-19-29-38(30-20-36)44(9-3)10-4)31-34-15-25-41(26-16-34)45(39-21-11-32(5)12-22-39)40-23-13-33(6)14-24-40/h11-30,42H,7-10,31H2,1-6H3. The van der Waals surface area contributed by atoms with Crippen molar-refractivity contribution in [3.05, 3.63) is 149 Å². The molecule has 0 amide bonds. The fourth-order valence-corrected chi connectivity index (χ4v) is 6.29. The maximum atomic E-state index is 2.41. The van der Waals surface area contributed by atoms with Crippen LogP contribution in [0.4, 0.5) is 28.4 Å². The largest absolute Gasteiger partial charge is 0.372 e. The average molecular weight is 596 g/mol. The summed E-state index contributed by atoms with van der Waals surface area (Å²) in [5.41, 5.74) is 12.6. The molecular formula is C42H49N3. The molecule has 0 unspecified atom stereocenters. The molecule has 0 atom stereocenters. The Bertz CT molecular complexity index is 1490. The number of hydrogen-bond acceptors (Lipinski definition) is 3. The van der Waals surface area contributed by atoms with Crippen molar-refractivity contribution in [1.82, 2.24) is 0 Å². The first kappa shape index (κ1) is 31.9. The van der Waals surface area contributed by atoms with Gasteiger partial charge in [0.15, 0.2) is 0 Å². The Hall–Kier alpha value is -4.50. The first-order valence-electron chi connectivity index (χ1n) is 16.7. The monoisotopic (exact) mass is 595 g/mol. The molecule has 5 aromatic carbocycles. The Labute approximate surface area is 271 Å². The summed E-state index contributed by atoms with van der Waals surface area (Å²) in [6.07, 6.45) is 0.935. The van der Waals surface area contributed by atoms with Crippen LogP contribution >= 0.6 is 0 Å². The van der Waals surface area contributed by atoms with Crippen LogP contribution in [0.25, 0.3) is 0 Å². The van der Waals surface area contributed by atoms with Crippen molar-refractivity contribution < 1.29 is 0 Å². The Morgan fingerprint density at radius 2 is 0.711 bits per heavy atom. The SMILES string of the molecule is CCN(CC)c1ccc(C(Cc2ccc(N(c3ccc(C)cc3)c3ccc(C)cc3)cc2)c2ccc(N(CC)CC)cc2)cc1. The molecule has 0 fully saturated rings. The summed E-state index contributed by atoms with van der Waals surface area (Å²) in [4.78, 5) is 7.16. The van der Waals surface area contributed by atoms with E-state index in [-0.39, 0.29) is 5.92 Å². The lowest BCUT2D eigenvalue weighted by atomic mass is 9.85. The van der Waals surface area contributed by atoms with E-state index >= 15 is 0 Å². The van der Waals surface area contributed by atoms with Crippen LogP contribution in [0.1, 0.15) is 61.4 Å². The van der Waals surface area contributed by atoms with Gasteiger partial charge in [-0.1, -0.05) is 71.8 Å². The van der Waals surface area contributed by atoms with Gasteiger partial charge in [-0.3, -0.25) is 0 Å². The molecule has 0 saturated carbocycles. The van der Waals surface area contributed by atoms with Crippen molar-refractivity contribution in [2.45, 2.75) is 53.9 Å².